The molecule has 9 heteroatoms. The standard InChI is InChI=1S/C26H33N7O2/c34-26(21-18-22-4-1-2-8-33(22)19-21)32-15-13-31(14-16-32)25-7-6-24(27-28-25)30-11-9-29(10-12-30)20-23-5-3-17-35-23/h1-2,4,6-8,18-19,23H,3,5,9-17,20H2. The maximum Gasteiger partial charge on any atom is 0.255 e. The van der Waals surface area contributed by atoms with Crippen LogP contribution >= 0.6 is 0 Å². The Hall–Kier alpha value is -3.17. The molecule has 3 saturated heterocycles. The van der Waals surface area contributed by atoms with Crippen LogP contribution < -0.4 is 9.80 Å². The summed E-state index contributed by atoms with van der Waals surface area (Å²) >= 11 is 0. The second-order valence-electron chi connectivity index (χ2n) is 9.71. The number of nitrogens with zero attached hydrogens (tertiary/aromatic N) is 7. The number of hydrogen-bond donors (Lipinski definition) is 0. The predicted octanol–water partition coefficient (Wildman–Crippen LogP) is 1.99. The van der Waals surface area contributed by atoms with Crippen LogP contribution in [0.25, 0.3) is 5.52 Å². The molecule has 3 aromatic rings. The van der Waals surface area contributed by atoms with E-state index in [4.69, 9.17) is 4.74 Å². The lowest BCUT2D eigenvalue weighted by atomic mass is 10.2. The number of piperazine rings is 2. The van der Waals surface area contributed by atoms with E-state index in [0.717, 1.165) is 75.1 Å². The number of fused-ring (bicyclic) bond motifs is 1. The van der Waals surface area contributed by atoms with Gasteiger partial charge in [0.2, 0.25) is 0 Å². The summed E-state index contributed by atoms with van der Waals surface area (Å²) in [4.78, 5) is 22.0. The zero-order chi connectivity index (χ0) is 23.6. The summed E-state index contributed by atoms with van der Waals surface area (Å²) in [5, 5.41) is 9.07. The van der Waals surface area contributed by atoms with Crippen molar-refractivity contribution in [1.82, 2.24) is 24.4 Å². The first-order valence-corrected chi connectivity index (χ1v) is 12.8. The molecule has 1 atom stereocenters. The summed E-state index contributed by atoms with van der Waals surface area (Å²) < 4.78 is 7.78. The number of rotatable bonds is 5. The molecule has 3 fully saturated rings. The van der Waals surface area contributed by atoms with Gasteiger partial charge >= 0.3 is 0 Å². The van der Waals surface area contributed by atoms with Crippen LogP contribution in [0, 0.1) is 0 Å². The van der Waals surface area contributed by atoms with Crippen LogP contribution in [-0.2, 0) is 4.74 Å². The van der Waals surface area contributed by atoms with Crippen molar-refractivity contribution in [2.24, 2.45) is 0 Å². The number of carbonyl (C=O) groups excluding carboxylic acids is 1. The zero-order valence-electron chi connectivity index (χ0n) is 20.1. The van der Waals surface area contributed by atoms with Gasteiger partial charge in [0, 0.05) is 83.4 Å². The van der Waals surface area contributed by atoms with Gasteiger partial charge in [0.25, 0.3) is 5.91 Å². The van der Waals surface area contributed by atoms with Crippen molar-refractivity contribution >= 4 is 23.1 Å². The van der Waals surface area contributed by atoms with Crippen molar-refractivity contribution in [3.63, 3.8) is 0 Å². The number of anilines is 2. The Bertz CT molecular complexity index is 1110. The van der Waals surface area contributed by atoms with Gasteiger partial charge in [-0.1, -0.05) is 6.07 Å². The van der Waals surface area contributed by atoms with Crippen molar-refractivity contribution in [2.75, 3.05) is 75.3 Å². The minimum Gasteiger partial charge on any atom is -0.377 e. The number of amides is 1. The van der Waals surface area contributed by atoms with Crippen LogP contribution in [0.2, 0.25) is 0 Å². The highest BCUT2D eigenvalue weighted by Crippen LogP contribution is 2.20. The highest BCUT2D eigenvalue weighted by atomic mass is 16.5. The molecule has 0 radical (unpaired) electrons. The molecule has 1 unspecified atom stereocenters. The third-order valence-corrected chi connectivity index (χ3v) is 7.46. The fourth-order valence-corrected chi connectivity index (χ4v) is 5.38. The fourth-order valence-electron chi connectivity index (χ4n) is 5.38. The van der Waals surface area contributed by atoms with E-state index in [1.807, 2.05) is 46.0 Å². The predicted molar refractivity (Wildman–Crippen MR) is 135 cm³/mol. The maximum absolute atomic E-state index is 13.0. The highest BCUT2D eigenvalue weighted by molar-refractivity contribution is 5.95. The van der Waals surface area contributed by atoms with E-state index in [1.165, 1.54) is 12.8 Å². The molecule has 3 aliphatic rings. The van der Waals surface area contributed by atoms with Crippen LogP contribution in [0.15, 0.2) is 48.8 Å². The topological polar surface area (TPSA) is 69.5 Å². The van der Waals surface area contributed by atoms with Crippen LogP contribution in [0.1, 0.15) is 23.2 Å². The van der Waals surface area contributed by atoms with Crippen LogP contribution in [-0.4, -0.2) is 102 Å². The molecule has 0 aliphatic carbocycles. The van der Waals surface area contributed by atoms with Crippen molar-refractivity contribution < 1.29 is 9.53 Å². The Morgan fingerprint density at radius 2 is 1.63 bits per heavy atom. The molecular formula is C26H33N7O2. The van der Waals surface area contributed by atoms with Gasteiger partial charge < -0.3 is 23.8 Å². The van der Waals surface area contributed by atoms with Gasteiger partial charge in [0.1, 0.15) is 0 Å². The van der Waals surface area contributed by atoms with Gasteiger partial charge in [0.05, 0.1) is 11.7 Å². The lowest BCUT2D eigenvalue weighted by Crippen LogP contribution is -2.49. The average molecular weight is 476 g/mol. The molecule has 6 rings (SSSR count). The first-order chi connectivity index (χ1) is 17.2. The van der Waals surface area contributed by atoms with Gasteiger partial charge in [-0.3, -0.25) is 9.69 Å². The Kier molecular flexibility index (Phi) is 6.26. The molecule has 3 aromatic heterocycles. The summed E-state index contributed by atoms with van der Waals surface area (Å²) in [6, 6.07) is 12.1. The third kappa shape index (κ3) is 4.83. The van der Waals surface area contributed by atoms with Crippen molar-refractivity contribution in [2.45, 2.75) is 18.9 Å². The van der Waals surface area contributed by atoms with Crippen molar-refractivity contribution in [3.8, 4) is 0 Å². The summed E-state index contributed by atoms with van der Waals surface area (Å²) in [5.41, 5.74) is 1.78. The Labute approximate surface area is 205 Å². The van der Waals surface area contributed by atoms with Gasteiger partial charge in [0.15, 0.2) is 11.6 Å². The summed E-state index contributed by atoms with van der Waals surface area (Å²) in [7, 11) is 0. The molecule has 0 aromatic carbocycles. The smallest absolute Gasteiger partial charge is 0.255 e. The Morgan fingerprint density at radius 1 is 0.914 bits per heavy atom. The summed E-state index contributed by atoms with van der Waals surface area (Å²) in [6.07, 6.45) is 6.69. The van der Waals surface area contributed by atoms with E-state index >= 15 is 0 Å². The molecule has 0 N–H and O–H groups in total. The number of hydrogen-bond acceptors (Lipinski definition) is 7. The second-order valence-corrected chi connectivity index (χ2v) is 9.71. The monoisotopic (exact) mass is 475 g/mol. The number of pyridine rings is 1. The van der Waals surface area contributed by atoms with E-state index in [0.29, 0.717) is 19.2 Å². The molecule has 35 heavy (non-hydrogen) atoms. The number of ether oxygens (including phenoxy) is 1. The summed E-state index contributed by atoms with van der Waals surface area (Å²) in [6.45, 7) is 8.86. The first kappa shape index (κ1) is 22.3. The van der Waals surface area contributed by atoms with Gasteiger partial charge in [-0.15, -0.1) is 10.2 Å². The minimum absolute atomic E-state index is 0.0911. The molecule has 6 heterocycles. The van der Waals surface area contributed by atoms with Gasteiger partial charge in [-0.05, 0) is 43.2 Å². The van der Waals surface area contributed by atoms with Crippen molar-refractivity contribution in [3.05, 3.63) is 54.4 Å². The quantitative estimate of drug-likeness (QED) is 0.559. The molecule has 0 spiro atoms. The van der Waals surface area contributed by atoms with Crippen LogP contribution in [0.3, 0.4) is 0 Å². The molecule has 3 aliphatic heterocycles. The average Bonchev–Trinajstić information content (AvgIpc) is 3.59. The Morgan fingerprint density at radius 3 is 2.26 bits per heavy atom. The molecule has 1 amide bonds. The fraction of sp³-hybridized carbons (Fsp3) is 0.500. The SMILES string of the molecule is O=C(c1cc2ccccn2c1)N1CCN(c2ccc(N3CCN(CC4CCCO4)CC3)nn2)CC1. The van der Waals surface area contributed by atoms with E-state index in [9.17, 15) is 4.79 Å². The zero-order valence-corrected chi connectivity index (χ0v) is 20.1. The first-order valence-electron chi connectivity index (χ1n) is 12.8. The molecule has 0 saturated carbocycles. The maximum atomic E-state index is 13.0. The molecule has 9 nitrogen and oxygen atoms in total. The van der Waals surface area contributed by atoms with E-state index in [1.54, 1.807) is 0 Å². The van der Waals surface area contributed by atoms with E-state index < -0.39 is 0 Å². The molecule has 184 valence electrons. The van der Waals surface area contributed by atoms with Crippen molar-refractivity contribution in [1.29, 1.82) is 0 Å². The van der Waals surface area contributed by atoms with E-state index in [2.05, 4.69) is 37.0 Å². The number of carbonyl (C=O) groups is 1. The molecule has 0 bridgehead atoms. The largest absolute Gasteiger partial charge is 0.377 e. The summed E-state index contributed by atoms with van der Waals surface area (Å²) in [5.74, 6) is 1.92. The third-order valence-electron chi connectivity index (χ3n) is 7.46. The van der Waals surface area contributed by atoms with Gasteiger partial charge in [-0.25, -0.2) is 0 Å². The Balaban J connectivity index is 1.00. The van der Waals surface area contributed by atoms with E-state index in [-0.39, 0.29) is 5.91 Å². The van der Waals surface area contributed by atoms with Crippen LogP contribution in [0.5, 0.6) is 0 Å². The van der Waals surface area contributed by atoms with Crippen LogP contribution in [0.4, 0.5) is 11.6 Å². The molecular weight excluding hydrogens is 442 g/mol. The second kappa shape index (κ2) is 9.83. The normalized spacial score (nSPS) is 21.7. The lowest BCUT2D eigenvalue weighted by Gasteiger charge is -2.37. The van der Waals surface area contributed by atoms with Gasteiger partial charge in [-0.2, -0.15) is 0 Å². The number of aromatic nitrogens is 3. The highest BCUT2D eigenvalue weighted by Gasteiger charge is 2.26. The lowest BCUT2D eigenvalue weighted by molar-refractivity contribution is 0.0712. The minimum atomic E-state index is 0.0911.